The molecular formula is C4H5Cl2NO2S. The van der Waals surface area contributed by atoms with Gasteiger partial charge in [-0.1, -0.05) is 0 Å². The second kappa shape index (κ2) is 4.60. The molecule has 0 spiro atoms. The van der Waals surface area contributed by atoms with Crippen LogP contribution in [0.4, 0.5) is 0 Å². The Morgan fingerprint density at radius 2 is 1.40 bits per heavy atom. The molecule has 1 N–H and O–H groups in total. The van der Waals surface area contributed by atoms with Crippen LogP contribution in [0.25, 0.3) is 0 Å². The third-order valence-electron chi connectivity index (χ3n) is 0.496. The minimum absolute atomic E-state index is 1.88. The fourth-order valence-corrected chi connectivity index (χ4v) is 0.278. The third-order valence-corrected chi connectivity index (χ3v) is 0.496. The Kier molecular flexibility index (Phi) is 4.51. The Bertz CT molecular complexity index is 217. The maximum atomic E-state index is 9.16. The van der Waals surface area contributed by atoms with Crippen molar-refractivity contribution in [3.8, 4) is 0 Å². The van der Waals surface area contributed by atoms with Crippen LogP contribution in [0, 0.1) is 0 Å². The zero-order chi connectivity index (χ0) is 8.04. The van der Waals surface area contributed by atoms with Crippen LogP contribution < -0.4 is 0 Å². The lowest BCUT2D eigenvalue weighted by Crippen LogP contribution is -1.63. The lowest BCUT2D eigenvalue weighted by atomic mass is 10.7. The zero-order valence-electron chi connectivity index (χ0n) is 4.79. The molecule has 0 radical (unpaired) electrons. The number of nitrogens with one attached hydrogen (secondary N) is 1. The van der Waals surface area contributed by atoms with E-state index in [1.165, 1.54) is 0 Å². The van der Waals surface area contributed by atoms with Gasteiger partial charge in [0, 0.05) is 33.8 Å². The minimum Gasteiger partial charge on any atom is -0.368 e. The van der Waals surface area contributed by atoms with E-state index in [-0.39, 0.29) is 0 Å². The van der Waals surface area contributed by atoms with Crippen LogP contribution in [-0.4, -0.2) is 13.4 Å². The zero-order valence-corrected chi connectivity index (χ0v) is 7.12. The molecule has 58 valence electrons. The average molecular weight is 202 g/mol. The molecule has 0 fully saturated rings. The fourth-order valence-electron chi connectivity index (χ4n) is 0.278. The summed E-state index contributed by atoms with van der Waals surface area (Å²) >= 11 is 0. The monoisotopic (exact) mass is 201 g/mol. The van der Waals surface area contributed by atoms with Crippen LogP contribution in [0.1, 0.15) is 0 Å². The largest absolute Gasteiger partial charge is 0.368 e. The van der Waals surface area contributed by atoms with Crippen molar-refractivity contribution in [2.45, 2.75) is 0 Å². The van der Waals surface area contributed by atoms with Crippen molar-refractivity contribution in [1.29, 1.82) is 0 Å². The summed E-state index contributed by atoms with van der Waals surface area (Å²) < 4.78 is 18.3. The van der Waals surface area contributed by atoms with Crippen molar-refractivity contribution < 1.29 is 8.42 Å². The Balaban J connectivity index is 0.000000162. The third kappa shape index (κ3) is 15.7. The maximum Gasteiger partial charge on any atom is 0.317 e. The molecular weight excluding hydrogens is 197 g/mol. The number of halogens is 2. The van der Waals surface area contributed by atoms with Gasteiger partial charge in [0.2, 0.25) is 0 Å². The molecule has 0 amide bonds. The standard InChI is InChI=1S/C4H5N.Cl2O2S/c1-2-4-5-3-1;1-5(2,3)4/h1-5H;. The molecule has 0 bridgehead atoms. The lowest BCUT2D eigenvalue weighted by molar-refractivity contribution is 0.621. The van der Waals surface area contributed by atoms with Crippen LogP contribution in [0.5, 0.6) is 0 Å². The van der Waals surface area contributed by atoms with Gasteiger partial charge in [-0.3, -0.25) is 0 Å². The van der Waals surface area contributed by atoms with E-state index < -0.39 is 8.26 Å². The summed E-state index contributed by atoms with van der Waals surface area (Å²) in [5, 5.41) is 0. The number of hydrogen-bond acceptors (Lipinski definition) is 2. The van der Waals surface area contributed by atoms with Gasteiger partial charge in [-0.05, 0) is 12.1 Å². The normalized spacial score (nSPS) is 9.80. The number of H-pyrrole nitrogens is 1. The summed E-state index contributed by atoms with van der Waals surface area (Å²) in [6.07, 6.45) is 3.75. The van der Waals surface area contributed by atoms with Gasteiger partial charge in [0.25, 0.3) is 0 Å². The van der Waals surface area contributed by atoms with E-state index in [2.05, 4.69) is 26.3 Å². The molecule has 0 aliphatic carbocycles. The van der Waals surface area contributed by atoms with E-state index in [4.69, 9.17) is 8.42 Å². The molecule has 1 aromatic heterocycles. The van der Waals surface area contributed by atoms with Crippen molar-refractivity contribution >= 4 is 29.6 Å². The number of rotatable bonds is 0. The van der Waals surface area contributed by atoms with Crippen LogP contribution in [0.3, 0.4) is 0 Å². The molecule has 6 heteroatoms. The summed E-state index contributed by atoms with van der Waals surface area (Å²) in [6, 6.07) is 3.89. The summed E-state index contributed by atoms with van der Waals surface area (Å²) in [6.45, 7) is 0. The highest BCUT2D eigenvalue weighted by atomic mass is 36.0. The average Bonchev–Trinajstić information content (AvgIpc) is 2.07. The molecule has 1 aromatic rings. The van der Waals surface area contributed by atoms with Gasteiger partial charge in [0.15, 0.2) is 0 Å². The predicted octanol–water partition coefficient (Wildman–Crippen LogP) is 1.72. The van der Waals surface area contributed by atoms with Crippen molar-refractivity contribution in [2.75, 3.05) is 0 Å². The van der Waals surface area contributed by atoms with Crippen molar-refractivity contribution in [3.63, 3.8) is 0 Å². The van der Waals surface area contributed by atoms with Gasteiger partial charge < -0.3 is 4.98 Å². The van der Waals surface area contributed by atoms with Crippen molar-refractivity contribution in [1.82, 2.24) is 4.98 Å². The van der Waals surface area contributed by atoms with E-state index in [9.17, 15) is 0 Å². The van der Waals surface area contributed by atoms with E-state index in [0.717, 1.165) is 0 Å². The Hall–Kier alpha value is -0.190. The molecule has 1 heterocycles. The lowest BCUT2D eigenvalue weighted by Gasteiger charge is -1.61. The van der Waals surface area contributed by atoms with E-state index in [1.54, 1.807) is 0 Å². The van der Waals surface area contributed by atoms with Gasteiger partial charge >= 0.3 is 8.26 Å². The van der Waals surface area contributed by atoms with E-state index >= 15 is 0 Å². The summed E-state index contributed by atoms with van der Waals surface area (Å²) in [4.78, 5) is 2.86. The molecule has 0 aromatic carbocycles. The molecule has 0 aliphatic rings. The van der Waals surface area contributed by atoms with Crippen LogP contribution >= 0.6 is 21.4 Å². The second-order valence-corrected chi connectivity index (χ2v) is 4.93. The molecule has 0 saturated carbocycles. The topological polar surface area (TPSA) is 49.9 Å². The highest BCUT2D eigenvalue weighted by Crippen LogP contribution is 1.98. The van der Waals surface area contributed by atoms with E-state index in [1.807, 2.05) is 24.5 Å². The maximum absolute atomic E-state index is 9.16. The summed E-state index contributed by atoms with van der Waals surface area (Å²) in [5.41, 5.74) is 0. The molecule has 1 rings (SSSR count). The molecule has 0 aliphatic heterocycles. The first-order chi connectivity index (χ1) is 4.50. The van der Waals surface area contributed by atoms with Crippen LogP contribution in [-0.2, 0) is 8.26 Å². The first-order valence-corrected chi connectivity index (χ1v) is 5.35. The van der Waals surface area contributed by atoms with E-state index in [0.29, 0.717) is 0 Å². The Morgan fingerprint density at radius 3 is 1.50 bits per heavy atom. The molecule has 3 nitrogen and oxygen atoms in total. The summed E-state index contributed by atoms with van der Waals surface area (Å²) in [7, 11) is 4.81. The molecule has 10 heavy (non-hydrogen) atoms. The molecule has 0 saturated heterocycles. The second-order valence-electron chi connectivity index (χ2n) is 1.26. The first-order valence-electron chi connectivity index (χ1n) is 2.22. The van der Waals surface area contributed by atoms with Gasteiger partial charge in [-0.25, -0.2) is 0 Å². The minimum atomic E-state index is -3.72. The highest BCUT2D eigenvalue weighted by molar-refractivity contribution is 8.31. The fraction of sp³-hybridized carbons (Fsp3) is 0. The predicted molar refractivity (Wildman–Crippen MR) is 41.4 cm³/mol. The Morgan fingerprint density at radius 1 is 1.10 bits per heavy atom. The van der Waals surface area contributed by atoms with Crippen molar-refractivity contribution in [3.05, 3.63) is 24.5 Å². The smallest absolute Gasteiger partial charge is 0.317 e. The van der Waals surface area contributed by atoms with Gasteiger partial charge in [0.05, 0.1) is 0 Å². The van der Waals surface area contributed by atoms with Gasteiger partial charge in [-0.15, -0.1) is 0 Å². The van der Waals surface area contributed by atoms with Crippen LogP contribution in [0.15, 0.2) is 24.5 Å². The number of aromatic nitrogens is 1. The first kappa shape index (κ1) is 9.81. The van der Waals surface area contributed by atoms with Gasteiger partial charge in [0.1, 0.15) is 0 Å². The number of aromatic amines is 1. The van der Waals surface area contributed by atoms with Gasteiger partial charge in [-0.2, -0.15) is 8.42 Å². The SMILES string of the molecule is O=S(=O)(Cl)Cl.c1cc[nH]c1. The Labute approximate surface area is 67.9 Å². The molecule has 0 atom stereocenters. The quantitative estimate of drug-likeness (QED) is 0.651. The highest BCUT2D eigenvalue weighted by Gasteiger charge is 1.88. The molecule has 0 unspecified atom stereocenters. The van der Waals surface area contributed by atoms with Crippen molar-refractivity contribution in [2.24, 2.45) is 0 Å². The summed E-state index contributed by atoms with van der Waals surface area (Å²) in [5.74, 6) is 0. The number of hydrogen-bond donors (Lipinski definition) is 1. The van der Waals surface area contributed by atoms with Crippen LogP contribution in [0.2, 0.25) is 0 Å².